The topological polar surface area (TPSA) is 0 Å². The van der Waals surface area contributed by atoms with E-state index in [9.17, 15) is 0 Å². The molecule has 0 spiro atoms. The van der Waals surface area contributed by atoms with Crippen LogP contribution in [0.3, 0.4) is 0 Å². The molecule has 1 unspecified atom stereocenters. The standard InChI is InChI=1S/C19H40.CH3/c1-4-6-8-9-10-11-12-13-14-16-18-19(3)17-15-7-5-2;/h19H,4-18H2,1-3H3;1H3. The summed E-state index contributed by atoms with van der Waals surface area (Å²) < 4.78 is 0. The van der Waals surface area contributed by atoms with Crippen LogP contribution in [0.4, 0.5) is 0 Å². The molecular weight excluding hydrogens is 240 g/mol. The molecule has 0 saturated heterocycles. The van der Waals surface area contributed by atoms with Gasteiger partial charge in [0.05, 0.1) is 0 Å². The maximum Gasteiger partial charge on any atom is -0.0443 e. The summed E-state index contributed by atoms with van der Waals surface area (Å²) in [6.45, 7) is 7.04. The minimum Gasteiger partial charge on any atom is -0.0683 e. The Morgan fingerprint density at radius 2 is 0.800 bits per heavy atom. The Bertz CT molecular complexity index is 150. The van der Waals surface area contributed by atoms with Crippen molar-refractivity contribution >= 4 is 0 Å². The molecule has 0 aliphatic rings. The second-order valence-corrected chi connectivity index (χ2v) is 6.57. The molecule has 0 aromatic carbocycles. The van der Waals surface area contributed by atoms with E-state index in [0.29, 0.717) is 0 Å². The molecule has 0 amide bonds. The fraction of sp³-hybridized carbons (Fsp3) is 0.950. The normalized spacial score (nSPS) is 12.2. The van der Waals surface area contributed by atoms with Crippen LogP contribution in [0, 0.1) is 13.3 Å². The van der Waals surface area contributed by atoms with Gasteiger partial charge < -0.3 is 0 Å². The zero-order valence-corrected chi connectivity index (χ0v) is 15.2. The first-order chi connectivity index (χ1) is 9.31. The molecule has 0 aliphatic carbocycles. The van der Waals surface area contributed by atoms with Crippen LogP contribution in [0.25, 0.3) is 0 Å². The van der Waals surface area contributed by atoms with Crippen molar-refractivity contribution in [3.8, 4) is 0 Å². The zero-order chi connectivity index (χ0) is 14.2. The van der Waals surface area contributed by atoms with Crippen molar-refractivity contribution in [1.82, 2.24) is 0 Å². The lowest BCUT2D eigenvalue weighted by atomic mass is 9.96. The van der Waals surface area contributed by atoms with E-state index in [4.69, 9.17) is 0 Å². The highest BCUT2D eigenvalue weighted by Crippen LogP contribution is 2.17. The summed E-state index contributed by atoms with van der Waals surface area (Å²) >= 11 is 0. The number of unbranched alkanes of at least 4 members (excludes halogenated alkanes) is 11. The molecule has 0 aromatic heterocycles. The summed E-state index contributed by atoms with van der Waals surface area (Å²) in [5.74, 6) is 0.973. The van der Waals surface area contributed by atoms with Gasteiger partial charge in [-0.05, 0) is 5.92 Å². The van der Waals surface area contributed by atoms with Gasteiger partial charge in [-0.3, -0.25) is 0 Å². The van der Waals surface area contributed by atoms with Crippen LogP contribution in [-0.2, 0) is 0 Å². The minimum atomic E-state index is 0. The molecule has 0 aromatic rings. The smallest absolute Gasteiger partial charge is 0.0443 e. The molecule has 20 heavy (non-hydrogen) atoms. The van der Waals surface area contributed by atoms with Crippen molar-refractivity contribution in [2.75, 3.05) is 0 Å². The van der Waals surface area contributed by atoms with Gasteiger partial charge in [0.25, 0.3) is 0 Å². The number of hydrogen-bond acceptors (Lipinski definition) is 0. The molecule has 1 radical (unpaired) electrons. The maximum atomic E-state index is 2.45. The molecule has 0 heteroatoms. The molecule has 0 aliphatic heterocycles. The maximum absolute atomic E-state index is 2.45. The number of hydrogen-bond donors (Lipinski definition) is 0. The summed E-state index contributed by atoms with van der Waals surface area (Å²) in [7, 11) is 0. The van der Waals surface area contributed by atoms with Gasteiger partial charge >= 0.3 is 0 Å². The summed E-state index contributed by atoms with van der Waals surface area (Å²) in [6, 6.07) is 0. The molecule has 0 bridgehead atoms. The minimum absolute atomic E-state index is 0. The Kier molecular flexibility index (Phi) is 21.2. The van der Waals surface area contributed by atoms with E-state index in [-0.39, 0.29) is 7.43 Å². The summed E-state index contributed by atoms with van der Waals surface area (Å²) in [6.07, 6.45) is 21.8. The van der Waals surface area contributed by atoms with Crippen molar-refractivity contribution in [2.45, 2.75) is 117 Å². The van der Waals surface area contributed by atoms with E-state index in [1.54, 1.807) is 0 Å². The van der Waals surface area contributed by atoms with E-state index in [1.165, 1.54) is 96.3 Å². The van der Waals surface area contributed by atoms with Gasteiger partial charge in [0, 0.05) is 0 Å². The van der Waals surface area contributed by atoms with Crippen LogP contribution < -0.4 is 0 Å². The first-order valence-corrected chi connectivity index (χ1v) is 9.31. The lowest BCUT2D eigenvalue weighted by Gasteiger charge is -2.10. The Labute approximate surface area is 131 Å². The van der Waals surface area contributed by atoms with Crippen LogP contribution in [0.1, 0.15) is 117 Å². The van der Waals surface area contributed by atoms with Crippen LogP contribution >= 0.6 is 0 Å². The molecule has 0 N–H and O–H groups in total. The average Bonchev–Trinajstić information content (AvgIpc) is 2.41. The molecule has 0 fully saturated rings. The Morgan fingerprint density at radius 3 is 1.25 bits per heavy atom. The van der Waals surface area contributed by atoms with Crippen LogP contribution in [0.15, 0.2) is 0 Å². The van der Waals surface area contributed by atoms with E-state index >= 15 is 0 Å². The average molecular weight is 284 g/mol. The van der Waals surface area contributed by atoms with E-state index in [2.05, 4.69) is 20.8 Å². The molecule has 0 rings (SSSR count). The molecule has 0 heterocycles. The summed E-state index contributed by atoms with van der Waals surface area (Å²) in [5, 5.41) is 0. The summed E-state index contributed by atoms with van der Waals surface area (Å²) in [5.41, 5.74) is 0. The van der Waals surface area contributed by atoms with Crippen LogP contribution in [0.5, 0.6) is 0 Å². The van der Waals surface area contributed by atoms with Gasteiger partial charge in [0.2, 0.25) is 0 Å². The van der Waals surface area contributed by atoms with Gasteiger partial charge in [-0.1, -0.05) is 125 Å². The fourth-order valence-electron chi connectivity index (χ4n) is 2.87. The predicted octanol–water partition coefficient (Wildman–Crippen LogP) is 7.96. The lowest BCUT2D eigenvalue weighted by molar-refractivity contribution is 0.435. The van der Waals surface area contributed by atoms with Crippen molar-refractivity contribution in [3.63, 3.8) is 0 Å². The Hall–Kier alpha value is 0. The van der Waals surface area contributed by atoms with E-state index in [1.807, 2.05) is 0 Å². The Balaban J connectivity index is 0. The lowest BCUT2D eigenvalue weighted by Crippen LogP contribution is -1.94. The molecule has 0 saturated carbocycles. The first kappa shape index (κ1) is 22.3. The number of rotatable bonds is 15. The zero-order valence-electron chi connectivity index (χ0n) is 15.2. The van der Waals surface area contributed by atoms with Crippen molar-refractivity contribution in [2.24, 2.45) is 5.92 Å². The van der Waals surface area contributed by atoms with Crippen molar-refractivity contribution in [1.29, 1.82) is 0 Å². The van der Waals surface area contributed by atoms with E-state index < -0.39 is 0 Å². The second kappa shape index (κ2) is 19.0. The van der Waals surface area contributed by atoms with Crippen molar-refractivity contribution < 1.29 is 0 Å². The summed E-state index contributed by atoms with van der Waals surface area (Å²) in [4.78, 5) is 0. The van der Waals surface area contributed by atoms with Gasteiger partial charge in [-0.25, -0.2) is 0 Å². The molecule has 1 atom stereocenters. The third kappa shape index (κ3) is 18.0. The molecule has 0 nitrogen and oxygen atoms in total. The van der Waals surface area contributed by atoms with E-state index in [0.717, 1.165) is 5.92 Å². The predicted molar refractivity (Wildman–Crippen MR) is 96.2 cm³/mol. The second-order valence-electron chi connectivity index (χ2n) is 6.57. The van der Waals surface area contributed by atoms with Crippen LogP contribution in [-0.4, -0.2) is 0 Å². The Morgan fingerprint density at radius 1 is 0.500 bits per heavy atom. The third-order valence-corrected chi connectivity index (χ3v) is 4.35. The highest BCUT2D eigenvalue weighted by molar-refractivity contribution is 4.55. The van der Waals surface area contributed by atoms with Crippen LogP contribution in [0.2, 0.25) is 0 Å². The largest absolute Gasteiger partial charge is 0.0683 e. The highest BCUT2D eigenvalue weighted by atomic mass is 14.1. The van der Waals surface area contributed by atoms with Crippen molar-refractivity contribution in [3.05, 3.63) is 7.43 Å². The van der Waals surface area contributed by atoms with Gasteiger partial charge in [0.1, 0.15) is 0 Å². The third-order valence-electron chi connectivity index (χ3n) is 4.35. The van der Waals surface area contributed by atoms with Gasteiger partial charge in [0.15, 0.2) is 0 Å². The van der Waals surface area contributed by atoms with Gasteiger partial charge in [-0.15, -0.1) is 0 Å². The molecule has 123 valence electrons. The SMILES string of the molecule is CCCCCCCCCCCCC(C)CCCCC.[CH3]. The van der Waals surface area contributed by atoms with Gasteiger partial charge in [-0.2, -0.15) is 0 Å². The molecular formula is C20H43. The fourth-order valence-corrected chi connectivity index (χ4v) is 2.87. The monoisotopic (exact) mass is 283 g/mol. The quantitative estimate of drug-likeness (QED) is 0.267. The first-order valence-electron chi connectivity index (χ1n) is 9.31. The highest BCUT2D eigenvalue weighted by Gasteiger charge is 2.01.